The highest BCUT2D eigenvalue weighted by atomic mass is 16.5. The molecule has 0 spiro atoms. The smallest absolute Gasteiger partial charge is 0.224 e. The van der Waals surface area contributed by atoms with Crippen molar-refractivity contribution in [1.29, 1.82) is 0 Å². The number of nitrogens with two attached hydrogens (primary N) is 1. The molecule has 2 rings (SSSR count). The molecule has 1 aliphatic carbocycles. The van der Waals surface area contributed by atoms with Gasteiger partial charge in [-0.2, -0.15) is 0 Å². The summed E-state index contributed by atoms with van der Waals surface area (Å²) in [7, 11) is 0. The summed E-state index contributed by atoms with van der Waals surface area (Å²) in [5.74, 6) is 0.195. The number of ether oxygens (including phenoxy) is 1. The number of morpholine rings is 1. The second kappa shape index (κ2) is 3.51. The zero-order chi connectivity index (χ0) is 10.2. The molecular formula is C10H18N2O2. The van der Waals surface area contributed by atoms with E-state index in [1.54, 1.807) is 0 Å². The van der Waals surface area contributed by atoms with Crippen molar-refractivity contribution in [2.75, 3.05) is 19.8 Å². The van der Waals surface area contributed by atoms with Crippen molar-refractivity contribution in [3.8, 4) is 0 Å². The van der Waals surface area contributed by atoms with Crippen LogP contribution >= 0.6 is 0 Å². The number of carbonyl (C=O) groups excluding carboxylic acids is 1. The molecule has 4 heteroatoms. The monoisotopic (exact) mass is 198 g/mol. The average Bonchev–Trinajstić information content (AvgIpc) is 2.84. The van der Waals surface area contributed by atoms with E-state index >= 15 is 0 Å². The lowest BCUT2D eigenvalue weighted by atomic mass is 10.1. The van der Waals surface area contributed by atoms with Crippen LogP contribution in [0.5, 0.6) is 0 Å². The van der Waals surface area contributed by atoms with Gasteiger partial charge in [0.25, 0.3) is 0 Å². The van der Waals surface area contributed by atoms with E-state index in [1.807, 2.05) is 11.8 Å². The Morgan fingerprint density at radius 1 is 1.64 bits per heavy atom. The molecule has 80 valence electrons. The second-order valence-electron chi connectivity index (χ2n) is 4.55. The van der Waals surface area contributed by atoms with E-state index in [2.05, 4.69) is 0 Å². The van der Waals surface area contributed by atoms with Gasteiger partial charge in [0.05, 0.1) is 19.3 Å². The molecule has 0 aromatic heterocycles. The minimum Gasteiger partial charge on any atom is -0.377 e. The predicted molar refractivity (Wildman–Crippen MR) is 52.8 cm³/mol. The zero-order valence-corrected chi connectivity index (χ0v) is 8.66. The summed E-state index contributed by atoms with van der Waals surface area (Å²) >= 11 is 0. The van der Waals surface area contributed by atoms with E-state index in [1.165, 1.54) is 0 Å². The topological polar surface area (TPSA) is 55.6 Å². The van der Waals surface area contributed by atoms with E-state index in [4.69, 9.17) is 10.5 Å². The quantitative estimate of drug-likeness (QED) is 0.685. The molecule has 1 heterocycles. The summed E-state index contributed by atoms with van der Waals surface area (Å²) in [4.78, 5) is 13.8. The van der Waals surface area contributed by atoms with Crippen LogP contribution in [0.3, 0.4) is 0 Å². The Morgan fingerprint density at radius 2 is 2.36 bits per heavy atom. The van der Waals surface area contributed by atoms with E-state index in [9.17, 15) is 4.79 Å². The van der Waals surface area contributed by atoms with Crippen LogP contribution in [0.25, 0.3) is 0 Å². The molecule has 0 bridgehead atoms. The van der Waals surface area contributed by atoms with Gasteiger partial charge in [0.2, 0.25) is 5.91 Å². The summed E-state index contributed by atoms with van der Waals surface area (Å²) in [5, 5.41) is 0. The molecule has 2 fully saturated rings. The number of carbonyl (C=O) groups is 1. The third-order valence-electron chi connectivity index (χ3n) is 3.08. The maximum atomic E-state index is 11.9. The molecule has 14 heavy (non-hydrogen) atoms. The van der Waals surface area contributed by atoms with Gasteiger partial charge in [-0.05, 0) is 19.8 Å². The Bertz CT molecular complexity index is 238. The molecule has 0 aromatic carbocycles. The fourth-order valence-electron chi connectivity index (χ4n) is 1.84. The number of hydrogen-bond acceptors (Lipinski definition) is 3. The lowest BCUT2D eigenvalue weighted by Gasteiger charge is -2.34. The van der Waals surface area contributed by atoms with Crippen LogP contribution in [-0.2, 0) is 9.53 Å². The molecule has 0 unspecified atom stereocenters. The highest BCUT2D eigenvalue weighted by Crippen LogP contribution is 2.36. The molecule has 0 aromatic rings. The first kappa shape index (κ1) is 9.93. The van der Waals surface area contributed by atoms with Crippen molar-refractivity contribution in [2.24, 2.45) is 5.73 Å². The molecule has 2 N–H and O–H groups in total. The molecule has 2 aliphatic rings. The van der Waals surface area contributed by atoms with Gasteiger partial charge in [-0.1, -0.05) is 0 Å². The number of rotatable bonds is 2. The lowest BCUT2D eigenvalue weighted by Crippen LogP contribution is -2.48. The van der Waals surface area contributed by atoms with Crippen LogP contribution in [0.15, 0.2) is 0 Å². The number of nitrogens with zero attached hydrogens (tertiary/aromatic N) is 1. The summed E-state index contributed by atoms with van der Waals surface area (Å²) in [5.41, 5.74) is 5.75. The summed E-state index contributed by atoms with van der Waals surface area (Å²) in [6.45, 7) is 4.06. The van der Waals surface area contributed by atoms with Gasteiger partial charge in [-0.25, -0.2) is 0 Å². The first-order valence-electron chi connectivity index (χ1n) is 5.27. The van der Waals surface area contributed by atoms with Crippen LogP contribution in [0, 0.1) is 0 Å². The van der Waals surface area contributed by atoms with Crippen LogP contribution in [0.4, 0.5) is 0 Å². The van der Waals surface area contributed by atoms with E-state index in [0.717, 1.165) is 19.4 Å². The largest absolute Gasteiger partial charge is 0.377 e. The van der Waals surface area contributed by atoms with Gasteiger partial charge in [0, 0.05) is 18.5 Å². The first-order valence-corrected chi connectivity index (χ1v) is 5.27. The van der Waals surface area contributed by atoms with Crippen LogP contribution in [-0.4, -0.2) is 42.1 Å². The van der Waals surface area contributed by atoms with Crippen molar-refractivity contribution < 1.29 is 9.53 Å². The van der Waals surface area contributed by atoms with E-state index < -0.39 is 0 Å². The first-order chi connectivity index (χ1) is 6.61. The number of hydrogen-bond donors (Lipinski definition) is 1. The molecular weight excluding hydrogens is 180 g/mol. The molecule has 1 saturated heterocycles. The summed E-state index contributed by atoms with van der Waals surface area (Å²) in [6.07, 6.45) is 2.51. The molecule has 1 aliphatic heterocycles. The minimum atomic E-state index is -0.172. The van der Waals surface area contributed by atoms with Gasteiger partial charge in [0.15, 0.2) is 0 Å². The van der Waals surface area contributed by atoms with E-state index in [0.29, 0.717) is 19.6 Å². The fourth-order valence-corrected chi connectivity index (χ4v) is 1.84. The summed E-state index contributed by atoms with van der Waals surface area (Å²) < 4.78 is 5.28. The third kappa shape index (κ3) is 2.07. The Kier molecular flexibility index (Phi) is 2.49. The average molecular weight is 198 g/mol. The van der Waals surface area contributed by atoms with Crippen LogP contribution < -0.4 is 5.73 Å². The van der Waals surface area contributed by atoms with E-state index in [-0.39, 0.29) is 17.5 Å². The molecule has 1 amide bonds. The van der Waals surface area contributed by atoms with Crippen LogP contribution in [0.2, 0.25) is 0 Å². The Labute approximate surface area is 84.4 Å². The normalized spacial score (nSPS) is 30.1. The standard InChI is InChI=1S/C10H18N2O2/c1-8-7-14-5-4-12(8)9(13)6-10(11)2-3-10/h8H,2-7,11H2,1H3/t8-/m1/s1. The van der Waals surface area contributed by atoms with Crippen molar-refractivity contribution >= 4 is 5.91 Å². The zero-order valence-electron chi connectivity index (χ0n) is 8.66. The summed E-state index contributed by atoms with van der Waals surface area (Å²) in [6, 6.07) is 0.207. The Morgan fingerprint density at radius 3 is 2.93 bits per heavy atom. The van der Waals surface area contributed by atoms with Crippen molar-refractivity contribution in [1.82, 2.24) is 4.90 Å². The highest BCUT2D eigenvalue weighted by Gasteiger charge is 2.41. The SMILES string of the molecule is C[C@@H]1COCCN1C(=O)CC1(N)CC1. The highest BCUT2D eigenvalue weighted by molar-refractivity contribution is 5.78. The van der Waals surface area contributed by atoms with Gasteiger partial charge >= 0.3 is 0 Å². The molecule has 1 atom stereocenters. The van der Waals surface area contributed by atoms with Crippen LogP contribution in [0.1, 0.15) is 26.2 Å². The molecule has 0 radical (unpaired) electrons. The predicted octanol–water partition coefficient (Wildman–Crippen LogP) is 0.115. The Hall–Kier alpha value is -0.610. The maximum absolute atomic E-state index is 11.9. The Balaban J connectivity index is 1.89. The molecule has 4 nitrogen and oxygen atoms in total. The number of amides is 1. The van der Waals surface area contributed by atoms with Gasteiger partial charge in [-0.15, -0.1) is 0 Å². The van der Waals surface area contributed by atoms with Gasteiger partial charge < -0.3 is 15.4 Å². The molecule has 1 saturated carbocycles. The van der Waals surface area contributed by atoms with Crippen molar-refractivity contribution in [3.05, 3.63) is 0 Å². The van der Waals surface area contributed by atoms with Crippen molar-refractivity contribution in [2.45, 2.75) is 37.8 Å². The maximum Gasteiger partial charge on any atom is 0.224 e. The third-order valence-corrected chi connectivity index (χ3v) is 3.08. The minimum absolute atomic E-state index is 0.172. The van der Waals surface area contributed by atoms with Gasteiger partial charge in [0.1, 0.15) is 0 Å². The lowest BCUT2D eigenvalue weighted by molar-refractivity contribution is -0.139. The van der Waals surface area contributed by atoms with Gasteiger partial charge in [-0.3, -0.25) is 4.79 Å². The van der Waals surface area contributed by atoms with Crippen molar-refractivity contribution in [3.63, 3.8) is 0 Å². The fraction of sp³-hybridized carbons (Fsp3) is 0.900. The second-order valence-corrected chi connectivity index (χ2v) is 4.55.